The Balaban J connectivity index is 1.72. The molecule has 1 aromatic carbocycles. The Morgan fingerprint density at radius 2 is 1.95 bits per heavy atom. The van der Waals surface area contributed by atoms with Gasteiger partial charge in [-0.3, -0.25) is 14.5 Å². The normalized spacial score (nSPS) is 23.4. The first-order valence-corrected chi connectivity index (χ1v) is 7.37. The number of piperazine rings is 2. The molecule has 0 radical (unpaired) electrons. The van der Waals surface area contributed by atoms with Crippen molar-refractivity contribution in [2.75, 3.05) is 33.2 Å². The van der Waals surface area contributed by atoms with E-state index in [0.717, 1.165) is 13.1 Å². The predicted molar refractivity (Wildman–Crippen MR) is 79.6 cm³/mol. The Hall–Kier alpha value is -1.88. The standard InChI is InChI=1S/C16H21N3O2/c1-12-5-3-4-6-13(12)9-18-7-8-19-14(10-18)16(21)17(2)11-15(19)20/h3-6,14H,7-11H2,1-2H3/t14-/m1/s1. The second kappa shape index (κ2) is 5.48. The number of hydrogen-bond donors (Lipinski definition) is 0. The molecule has 2 heterocycles. The first kappa shape index (κ1) is 14.1. The molecular formula is C16H21N3O2. The SMILES string of the molecule is Cc1ccccc1CN1CCN2C(=O)CN(C)C(=O)[C@H]2C1. The molecule has 112 valence electrons. The third-order valence-corrected chi connectivity index (χ3v) is 4.47. The maximum Gasteiger partial charge on any atom is 0.246 e. The number of fused-ring (bicyclic) bond motifs is 1. The van der Waals surface area contributed by atoms with E-state index >= 15 is 0 Å². The van der Waals surface area contributed by atoms with Crippen molar-refractivity contribution in [2.45, 2.75) is 19.5 Å². The van der Waals surface area contributed by atoms with Gasteiger partial charge in [0, 0.05) is 33.2 Å². The van der Waals surface area contributed by atoms with Gasteiger partial charge in [-0.15, -0.1) is 0 Å². The van der Waals surface area contributed by atoms with Crippen LogP contribution in [0.5, 0.6) is 0 Å². The summed E-state index contributed by atoms with van der Waals surface area (Å²) in [5.74, 6) is 0.127. The molecule has 0 spiro atoms. The molecule has 0 unspecified atom stereocenters. The maximum absolute atomic E-state index is 12.3. The van der Waals surface area contributed by atoms with Crippen LogP contribution in [-0.2, 0) is 16.1 Å². The molecule has 21 heavy (non-hydrogen) atoms. The van der Waals surface area contributed by atoms with Crippen LogP contribution in [0.2, 0.25) is 0 Å². The lowest BCUT2D eigenvalue weighted by atomic mass is 10.0. The fourth-order valence-electron chi connectivity index (χ4n) is 3.15. The molecule has 1 atom stereocenters. The van der Waals surface area contributed by atoms with Crippen molar-refractivity contribution in [3.63, 3.8) is 0 Å². The van der Waals surface area contributed by atoms with Crippen LogP contribution in [0.4, 0.5) is 0 Å². The van der Waals surface area contributed by atoms with E-state index in [1.165, 1.54) is 11.1 Å². The van der Waals surface area contributed by atoms with Crippen molar-refractivity contribution in [3.05, 3.63) is 35.4 Å². The zero-order valence-electron chi connectivity index (χ0n) is 12.6. The molecule has 2 aliphatic rings. The largest absolute Gasteiger partial charge is 0.335 e. The second-order valence-corrected chi connectivity index (χ2v) is 5.96. The predicted octanol–water partition coefficient (Wildman–Crippen LogP) is 0.480. The Labute approximate surface area is 125 Å². The number of likely N-dealkylation sites (N-methyl/N-ethyl adjacent to an activating group) is 1. The van der Waals surface area contributed by atoms with Gasteiger partial charge in [-0.2, -0.15) is 0 Å². The number of nitrogens with zero attached hydrogens (tertiary/aromatic N) is 3. The number of hydrogen-bond acceptors (Lipinski definition) is 3. The van der Waals surface area contributed by atoms with E-state index in [-0.39, 0.29) is 24.4 Å². The molecular weight excluding hydrogens is 266 g/mol. The van der Waals surface area contributed by atoms with Gasteiger partial charge in [-0.05, 0) is 18.1 Å². The zero-order chi connectivity index (χ0) is 15.0. The summed E-state index contributed by atoms with van der Waals surface area (Å²) in [6, 6.07) is 8.00. The molecule has 5 heteroatoms. The van der Waals surface area contributed by atoms with Gasteiger partial charge in [0.1, 0.15) is 6.04 Å². The van der Waals surface area contributed by atoms with E-state index in [1.54, 1.807) is 16.8 Å². The highest BCUT2D eigenvalue weighted by molar-refractivity contribution is 5.95. The molecule has 2 amide bonds. The van der Waals surface area contributed by atoms with E-state index in [9.17, 15) is 9.59 Å². The Morgan fingerprint density at radius 3 is 2.71 bits per heavy atom. The van der Waals surface area contributed by atoms with Gasteiger partial charge in [0.15, 0.2) is 0 Å². The van der Waals surface area contributed by atoms with Crippen LogP contribution in [0, 0.1) is 6.92 Å². The summed E-state index contributed by atoms with van der Waals surface area (Å²) in [4.78, 5) is 29.9. The number of carbonyl (C=O) groups is 2. The summed E-state index contributed by atoms with van der Waals surface area (Å²) in [6.45, 7) is 5.26. The number of amides is 2. The highest BCUT2D eigenvalue weighted by Crippen LogP contribution is 2.19. The van der Waals surface area contributed by atoms with Gasteiger partial charge < -0.3 is 9.80 Å². The summed E-state index contributed by atoms with van der Waals surface area (Å²) in [5.41, 5.74) is 2.55. The number of benzene rings is 1. The van der Waals surface area contributed by atoms with Gasteiger partial charge >= 0.3 is 0 Å². The average molecular weight is 287 g/mol. The zero-order valence-corrected chi connectivity index (χ0v) is 12.6. The highest BCUT2D eigenvalue weighted by Gasteiger charge is 2.41. The minimum absolute atomic E-state index is 0.0593. The Kier molecular flexibility index (Phi) is 3.68. The van der Waals surface area contributed by atoms with E-state index in [0.29, 0.717) is 13.1 Å². The van der Waals surface area contributed by atoms with Crippen molar-refractivity contribution < 1.29 is 9.59 Å². The molecule has 2 fully saturated rings. The molecule has 0 saturated carbocycles. The van der Waals surface area contributed by atoms with Crippen LogP contribution in [0.1, 0.15) is 11.1 Å². The van der Waals surface area contributed by atoms with E-state index in [4.69, 9.17) is 0 Å². The van der Waals surface area contributed by atoms with Gasteiger partial charge in [0.2, 0.25) is 11.8 Å². The average Bonchev–Trinajstić information content (AvgIpc) is 2.47. The molecule has 5 nitrogen and oxygen atoms in total. The van der Waals surface area contributed by atoms with Gasteiger partial charge in [0.25, 0.3) is 0 Å². The Bertz CT molecular complexity index is 572. The fraction of sp³-hybridized carbons (Fsp3) is 0.500. The van der Waals surface area contributed by atoms with Crippen molar-refractivity contribution in [1.29, 1.82) is 0 Å². The summed E-state index contributed by atoms with van der Waals surface area (Å²) in [5, 5.41) is 0. The van der Waals surface area contributed by atoms with Crippen LogP contribution in [0.15, 0.2) is 24.3 Å². The van der Waals surface area contributed by atoms with E-state index in [2.05, 4.69) is 24.0 Å². The maximum atomic E-state index is 12.3. The molecule has 2 aliphatic heterocycles. The monoisotopic (exact) mass is 287 g/mol. The molecule has 0 N–H and O–H groups in total. The summed E-state index contributed by atoms with van der Waals surface area (Å²) >= 11 is 0. The molecule has 0 aromatic heterocycles. The van der Waals surface area contributed by atoms with Gasteiger partial charge in [0.05, 0.1) is 6.54 Å². The smallest absolute Gasteiger partial charge is 0.246 e. The number of rotatable bonds is 2. The van der Waals surface area contributed by atoms with E-state index < -0.39 is 0 Å². The summed E-state index contributed by atoms with van der Waals surface area (Å²) in [6.07, 6.45) is 0. The van der Waals surface area contributed by atoms with E-state index in [1.807, 2.05) is 12.1 Å². The topological polar surface area (TPSA) is 43.9 Å². The molecule has 3 rings (SSSR count). The molecule has 1 aromatic rings. The molecule has 2 saturated heterocycles. The van der Waals surface area contributed by atoms with Crippen LogP contribution in [0.25, 0.3) is 0 Å². The third-order valence-electron chi connectivity index (χ3n) is 4.47. The summed E-state index contributed by atoms with van der Waals surface area (Å²) in [7, 11) is 1.71. The van der Waals surface area contributed by atoms with Crippen LogP contribution in [-0.4, -0.2) is 65.8 Å². The second-order valence-electron chi connectivity index (χ2n) is 5.96. The van der Waals surface area contributed by atoms with Gasteiger partial charge in [-0.1, -0.05) is 24.3 Å². The van der Waals surface area contributed by atoms with Crippen LogP contribution >= 0.6 is 0 Å². The minimum Gasteiger partial charge on any atom is -0.335 e. The first-order chi connectivity index (χ1) is 10.1. The minimum atomic E-state index is -0.311. The Morgan fingerprint density at radius 1 is 1.19 bits per heavy atom. The van der Waals surface area contributed by atoms with Crippen LogP contribution < -0.4 is 0 Å². The quantitative estimate of drug-likeness (QED) is 0.795. The van der Waals surface area contributed by atoms with Gasteiger partial charge in [-0.25, -0.2) is 0 Å². The number of aryl methyl sites for hydroxylation is 1. The lowest BCUT2D eigenvalue weighted by Crippen LogP contribution is -2.65. The van der Waals surface area contributed by atoms with Crippen molar-refractivity contribution in [2.24, 2.45) is 0 Å². The van der Waals surface area contributed by atoms with Crippen molar-refractivity contribution in [1.82, 2.24) is 14.7 Å². The third kappa shape index (κ3) is 2.65. The lowest BCUT2D eigenvalue weighted by Gasteiger charge is -2.45. The van der Waals surface area contributed by atoms with Crippen molar-refractivity contribution >= 4 is 11.8 Å². The highest BCUT2D eigenvalue weighted by atomic mass is 16.2. The number of carbonyl (C=O) groups excluding carboxylic acids is 2. The van der Waals surface area contributed by atoms with Crippen LogP contribution in [0.3, 0.4) is 0 Å². The summed E-state index contributed by atoms with van der Waals surface area (Å²) < 4.78 is 0. The fourth-order valence-corrected chi connectivity index (χ4v) is 3.15. The molecule has 0 aliphatic carbocycles. The van der Waals surface area contributed by atoms with Crippen molar-refractivity contribution in [3.8, 4) is 0 Å². The first-order valence-electron chi connectivity index (χ1n) is 7.37. The lowest BCUT2D eigenvalue weighted by molar-refractivity contribution is -0.158. The molecule has 0 bridgehead atoms.